The number of rotatable bonds is 7. The van der Waals surface area contributed by atoms with Crippen LogP contribution in [0, 0.1) is 11.8 Å². The van der Waals surface area contributed by atoms with E-state index in [2.05, 4.69) is 5.32 Å². The van der Waals surface area contributed by atoms with E-state index >= 15 is 0 Å². The number of fused-ring (bicyclic) bond motifs is 1. The summed E-state index contributed by atoms with van der Waals surface area (Å²) in [4.78, 5) is 40.7. The van der Waals surface area contributed by atoms with E-state index in [1.165, 1.54) is 23.9 Å². The molecule has 4 rings (SSSR count). The van der Waals surface area contributed by atoms with Crippen LogP contribution >= 0.6 is 11.8 Å². The number of carbonyl (C=O) groups excluding carboxylic acids is 2. The summed E-state index contributed by atoms with van der Waals surface area (Å²) in [5.41, 5.74) is -0.620. The fourth-order valence-electron chi connectivity index (χ4n) is 4.84. The molecule has 4 N–H and O–H groups in total. The molecule has 0 spiro atoms. The normalized spacial score (nSPS) is 27.0. The molecule has 8 nitrogen and oxygen atoms in total. The van der Waals surface area contributed by atoms with Crippen molar-refractivity contribution in [1.29, 1.82) is 0 Å². The van der Waals surface area contributed by atoms with Crippen LogP contribution in [0.5, 0.6) is 11.5 Å². The van der Waals surface area contributed by atoms with Crippen LogP contribution < -0.4 is 5.32 Å². The second-order valence-electron chi connectivity index (χ2n) is 8.14. The highest BCUT2D eigenvalue weighted by atomic mass is 32.2. The molecule has 0 saturated carbocycles. The number of likely N-dealkylation sites (tertiary alicyclic amines) is 1. The number of thioether (sulfide) groups is 1. The fraction of sp³-hybridized carbons (Fsp3) is 0.348. The number of carboxylic acids is 1. The standard InChI is InChI=1S/C23H24N2O6S/c1-32-10-9-23(22(30)31)18-17(19(24-23)15-8-7-14(26)11-16(15)27)20(28)25(21(18)29)12-13-5-3-2-4-6-13/h2-8,11,17-19,24,26-27H,9-10,12H2,1H3,(H,30,31)/t17-,18-,19-,23+/m0/s1. The number of carboxylic acid groups (broad SMARTS) is 1. The van der Waals surface area contributed by atoms with Crippen LogP contribution in [0.4, 0.5) is 0 Å². The van der Waals surface area contributed by atoms with Crippen LogP contribution in [-0.2, 0) is 20.9 Å². The van der Waals surface area contributed by atoms with Crippen molar-refractivity contribution in [3.63, 3.8) is 0 Å². The molecule has 32 heavy (non-hydrogen) atoms. The second kappa shape index (κ2) is 8.48. The minimum atomic E-state index is -1.65. The third-order valence-corrected chi connectivity index (χ3v) is 6.97. The molecule has 2 saturated heterocycles. The average molecular weight is 457 g/mol. The third-order valence-electron chi connectivity index (χ3n) is 6.36. The van der Waals surface area contributed by atoms with Crippen molar-refractivity contribution in [2.75, 3.05) is 12.0 Å². The summed E-state index contributed by atoms with van der Waals surface area (Å²) < 4.78 is 0. The predicted molar refractivity (Wildman–Crippen MR) is 118 cm³/mol. The molecule has 0 aromatic heterocycles. The van der Waals surface area contributed by atoms with Crippen molar-refractivity contribution in [3.8, 4) is 11.5 Å². The number of aromatic hydroxyl groups is 2. The third kappa shape index (κ3) is 3.51. The maximum absolute atomic E-state index is 13.5. The Morgan fingerprint density at radius 3 is 2.47 bits per heavy atom. The number of nitrogens with one attached hydrogen (secondary N) is 1. The minimum absolute atomic E-state index is 0.0536. The molecule has 9 heteroatoms. The van der Waals surface area contributed by atoms with Gasteiger partial charge in [0.15, 0.2) is 0 Å². The Hall–Kier alpha value is -3.04. The number of aliphatic carboxylic acids is 1. The quantitative estimate of drug-likeness (QED) is 0.467. The van der Waals surface area contributed by atoms with Gasteiger partial charge in [-0.2, -0.15) is 11.8 Å². The Kier molecular flexibility index (Phi) is 5.87. The van der Waals surface area contributed by atoms with Crippen LogP contribution in [0.3, 0.4) is 0 Å². The van der Waals surface area contributed by atoms with E-state index in [1.807, 2.05) is 12.3 Å². The van der Waals surface area contributed by atoms with Gasteiger partial charge in [0, 0.05) is 17.7 Å². The lowest BCUT2D eigenvalue weighted by Gasteiger charge is -2.31. The highest BCUT2D eigenvalue weighted by molar-refractivity contribution is 7.98. The lowest BCUT2D eigenvalue weighted by molar-refractivity contribution is -0.151. The first kappa shape index (κ1) is 22.2. The number of carbonyl (C=O) groups is 3. The number of amides is 2. The van der Waals surface area contributed by atoms with Crippen molar-refractivity contribution < 1.29 is 29.7 Å². The van der Waals surface area contributed by atoms with Gasteiger partial charge in [0.2, 0.25) is 11.8 Å². The number of nitrogens with zero attached hydrogens (tertiary/aromatic N) is 1. The number of benzene rings is 2. The summed E-state index contributed by atoms with van der Waals surface area (Å²) in [5.74, 6) is -4.26. The average Bonchev–Trinajstić information content (AvgIpc) is 3.23. The Bertz CT molecular complexity index is 1060. The monoisotopic (exact) mass is 456 g/mol. The molecule has 2 amide bonds. The van der Waals surface area contributed by atoms with E-state index in [0.29, 0.717) is 5.75 Å². The number of hydrogen-bond donors (Lipinski definition) is 4. The first-order valence-corrected chi connectivity index (χ1v) is 11.6. The molecule has 2 aliphatic heterocycles. The van der Waals surface area contributed by atoms with Crippen LogP contribution in [0.15, 0.2) is 48.5 Å². The van der Waals surface area contributed by atoms with E-state index < -0.39 is 41.2 Å². The fourth-order valence-corrected chi connectivity index (χ4v) is 5.37. The second-order valence-corrected chi connectivity index (χ2v) is 9.12. The van der Waals surface area contributed by atoms with Crippen molar-refractivity contribution in [2.45, 2.75) is 24.5 Å². The van der Waals surface area contributed by atoms with Crippen molar-refractivity contribution in [1.82, 2.24) is 10.2 Å². The molecule has 2 aromatic carbocycles. The van der Waals surface area contributed by atoms with E-state index in [1.54, 1.807) is 24.3 Å². The molecule has 0 unspecified atom stereocenters. The smallest absolute Gasteiger partial charge is 0.324 e. The van der Waals surface area contributed by atoms with Crippen molar-refractivity contribution in [3.05, 3.63) is 59.7 Å². The van der Waals surface area contributed by atoms with Crippen molar-refractivity contribution >= 4 is 29.5 Å². The SMILES string of the molecule is CSCC[C@@]1(C(=O)O)N[C@@H](c2ccc(O)cc2O)[C@H]2C(=O)N(Cc3ccccc3)C(=O)[C@H]21. The first-order valence-electron chi connectivity index (χ1n) is 10.2. The van der Waals surface area contributed by atoms with Crippen molar-refractivity contribution in [2.24, 2.45) is 11.8 Å². The summed E-state index contributed by atoms with van der Waals surface area (Å²) in [5, 5.41) is 33.4. The molecule has 4 atom stereocenters. The number of imide groups is 1. The zero-order valence-electron chi connectivity index (χ0n) is 17.4. The summed E-state index contributed by atoms with van der Waals surface area (Å²) in [6.45, 7) is 0.0536. The Morgan fingerprint density at radius 2 is 1.84 bits per heavy atom. The highest BCUT2D eigenvalue weighted by Crippen LogP contribution is 2.52. The van der Waals surface area contributed by atoms with E-state index in [-0.39, 0.29) is 30.0 Å². The molecule has 2 heterocycles. The molecule has 168 valence electrons. The lowest BCUT2D eigenvalue weighted by Crippen LogP contribution is -2.56. The summed E-state index contributed by atoms with van der Waals surface area (Å²) in [6, 6.07) is 12.1. The molecule has 0 aliphatic carbocycles. The Balaban J connectivity index is 1.80. The maximum atomic E-state index is 13.5. The predicted octanol–water partition coefficient (Wildman–Crippen LogP) is 2.12. The zero-order valence-corrected chi connectivity index (χ0v) is 18.2. The molecule has 0 bridgehead atoms. The first-order chi connectivity index (χ1) is 15.3. The minimum Gasteiger partial charge on any atom is -0.508 e. The largest absolute Gasteiger partial charge is 0.508 e. The van der Waals surface area contributed by atoms with Gasteiger partial charge < -0.3 is 15.3 Å². The summed E-state index contributed by atoms with van der Waals surface area (Å²) >= 11 is 1.45. The Labute approximate surface area is 189 Å². The molecule has 2 aliphatic rings. The van der Waals surface area contributed by atoms with Crippen LogP contribution in [0.25, 0.3) is 0 Å². The van der Waals surface area contributed by atoms with E-state index in [9.17, 15) is 29.7 Å². The molecule has 0 radical (unpaired) electrons. The lowest BCUT2D eigenvalue weighted by atomic mass is 9.78. The molecule has 2 fully saturated rings. The topological polar surface area (TPSA) is 127 Å². The molecule has 2 aromatic rings. The van der Waals surface area contributed by atoms with Gasteiger partial charge in [0.1, 0.15) is 17.0 Å². The van der Waals surface area contributed by atoms with Crippen LogP contribution in [0.2, 0.25) is 0 Å². The van der Waals surface area contributed by atoms with Crippen LogP contribution in [0.1, 0.15) is 23.6 Å². The molecular formula is C23H24N2O6S. The van der Waals surface area contributed by atoms with Gasteiger partial charge in [0.05, 0.1) is 18.4 Å². The summed E-state index contributed by atoms with van der Waals surface area (Å²) in [6.07, 6.45) is 1.98. The number of hydrogen-bond acceptors (Lipinski definition) is 7. The van der Waals surface area contributed by atoms with Gasteiger partial charge >= 0.3 is 5.97 Å². The summed E-state index contributed by atoms with van der Waals surface area (Å²) in [7, 11) is 0. The van der Waals surface area contributed by atoms with Gasteiger partial charge in [-0.25, -0.2) is 0 Å². The molecular weight excluding hydrogens is 432 g/mol. The number of phenols is 2. The van der Waals surface area contributed by atoms with E-state index in [0.717, 1.165) is 16.5 Å². The highest BCUT2D eigenvalue weighted by Gasteiger charge is 2.68. The van der Waals surface area contributed by atoms with Gasteiger partial charge in [-0.3, -0.25) is 24.6 Å². The maximum Gasteiger partial charge on any atom is 0.324 e. The Morgan fingerprint density at radius 1 is 1.12 bits per heavy atom. The zero-order chi connectivity index (χ0) is 23.0. The van der Waals surface area contributed by atoms with Gasteiger partial charge in [-0.05, 0) is 30.1 Å². The van der Waals surface area contributed by atoms with Gasteiger partial charge in [0.25, 0.3) is 0 Å². The van der Waals surface area contributed by atoms with Gasteiger partial charge in [-0.15, -0.1) is 0 Å². The number of phenolic OH excluding ortho intramolecular Hbond substituents is 2. The van der Waals surface area contributed by atoms with Crippen LogP contribution in [-0.4, -0.2) is 55.6 Å². The van der Waals surface area contributed by atoms with Gasteiger partial charge in [-0.1, -0.05) is 36.4 Å². The van der Waals surface area contributed by atoms with E-state index in [4.69, 9.17) is 0 Å².